The van der Waals surface area contributed by atoms with Crippen molar-refractivity contribution in [3.05, 3.63) is 22.4 Å². The van der Waals surface area contributed by atoms with E-state index in [0.717, 1.165) is 13.0 Å². The molecule has 0 saturated heterocycles. The van der Waals surface area contributed by atoms with Crippen molar-refractivity contribution in [1.82, 2.24) is 4.90 Å². The summed E-state index contributed by atoms with van der Waals surface area (Å²) in [7, 11) is 3.33. The highest BCUT2D eigenvalue weighted by Gasteiger charge is 2.05. The summed E-state index contributed by atoms with van der Waals surface area (Å²) in [5.74, 6) is -0.183. The lowest BCUT2D eigenvalue weighted by Crippen LogP contribution is -2.28. The standard InChI is InChI=1S/C10H15NO2S/c1-11(7-10(12)13-2)5-3-9-4-6-14-8-9/h4,6,8H,3,5,7H2,1-2H3. The number of ether oxygens (including phenoxy) is 1. The van der Waals surface area contributed by atoms with E-state index in [1.165, 1.54) is 12.7 Å². The minimum Gasteiger partial charge on any atom is -0.468 e. The lowest BCUT2D eigenvalue weighted by Gasteiger charge is -2.13. The van der Waals surface area contributed by atoms with Gasteiger partial charge in [0.1, 0.15) is 0 Å². The number of carbonyl (C=O) groups is 1. The summed E-state index contributed by atoms with van der Waals surface area (Å²) >= 11 is 1.70. The van der Waals surface area contributed by atoms with Gasteiger partial charge in [0.05, 0.1) is 13.7 Å². The van der Waals surface area contributed by atoms with Crippen LogP contribution >= 0.6 is 11.3 Å². The number of hydrogen-bond acceptors (Lipinski definition) is 4. The van der Waals surface area contributed by atoms with Crippen LogP contribution in [0, 0.1) is 0 Å². The van der Waals surface area contributed by atoms with Crippen molar-refractivity contribution in [2.45, 2.75) is 6.42 Å². The SMILES string of the molecule is COC(=O)CN(C)CCc1ccsc1. The first-order valence-corrected chi connectivity index (χ1v) is 5.43. The van der Waals surface area contributed by atoms with Crippen LogP contribution in [0.25, 0.3) is 0 Å². The van der Waals surface area contributed by atoms with Crippen LogP contribution in [-0.4, -0.2) is 38.1 Å². The first-order valence-electron chi connectivity index (χ1n) is 4.49. The van der Waals surface area contributed by atoms with Gasteiger partial charge in [-0.15, -0.1) is 0 Å². The zero-order valence-corrected chi connectivity index (χ0v) is 9.34. The Balaban J connectivity index is 2.21. The second kappa shape index (κ2) is 5.78. The normalized spacial score (nSPS) is 10.5. The Hall–Kier alpha value is -0.870. The highest BCUT2D eigenvalue weighted by molar-refractivity contribution is 7.07. The van der Waals surface area contributed by atoms with Gasteiger partial charge < -0.3 is 4.74 Å². The van der Waals surface area contributed by atoms with Crippen LogP contribution < -0.4 is 0 Å². The second-order valence-electron chi connectivity index (χ2n) is 3.20. The molecule has 1 aromatic rings. The molecule has 1 aromatic heterocycles. The van der Waals surface area contributed by atoms with Crippen molar-refractivity contribution in [3.63, 3.8) is 0 Å². The molecule has 3 nitrogen and oxygen atoms in total. The molecule has 0 fully saturated rings. The minimum absolute atomic E-state index is 0.183. The van der Waals surface area contributed by atoms with Gasteiger partial charge in [-0.1, -0.05) is 0 Å². The van der Waals surface area contributed by atoms with E-state index < -0.39 is 0 Å². The average molecular weight is 213 g/mol. The molecule has 0 spiro atoms. The van der Waals surface area contributed by atoms with Gasteiger partial charge in [0, 0.05) is 6.54 Å². The summed E-state index contributed by atoms with van der Waals surface area (Å²) in [4.78, 5) is 12.9. The van der Waals surface area contributed by atoms with E-state index in [9.17, 15) is 4.79 Å². The highest BCUT2D eigenvalue weighted by Crippen LogP contribution is 2.06. The molecular formula is C10H15NO2S. The van der Waals surface area contributed by atoms with Gasteiger partial charge in [0.25, 0.3) is 0 Å². The molecule has 0 atom stereocenters. The van der Waals surface area contributed by atoms with Gasteiger partial charge in [0.2, 0.25) is 0 Å². The number of esters is 1. The number of likely N-dealkylation sites (N-methyl/N-ethyl adjacent to an activating group) is 1. The van der Waals surface area contributed by atoms with Crippen molar-refractivity contribution in [1.29, 1.82) is 0 Å². The first kappa shape index (κ1) is 11.2. The lowest BCUT2D eigenvalue weighted by atomic mass is 10.2. The van der Waals surface area contributed by atoms with Crippen LogP contribution in [0.4, 0.5) is 0 Å². The Labute approximate surface area is 88.3 Å². The van der Waals surface area contributed by atoms with Gasteiger partial charge >= 0.3 is 5.97 Å². The Kier molecular flexibility index (Phi) is 4.62. The maximum atomic E-state index is 10.9. The summed E-state index contributed by atoms with van der Waals surface area (Å²) in [5, 5.41) is 4.20. The molecule has 1 heterocycles. The van der Waals surface area contributed by atoms with E-state index in [2.05, 4.69) is 21.6 Å². The molecule has 0 saturated carbocycles. The van der Waals surface area contributed by atoms with E-state index >= 15 is 0 Å². The number of carbonyl (C=O) groups excluding carboxylic acids is 1. The maximum Gasteiger partial charge on any atom is 0.319 e. The second-order valence-corrected chi connectivity index (χ2v) is 3.98. The molecule has 0 aromatic carbocycles. The first-order chi connectivity index (χ1) is 6.72. The molecule has 0 aliphatic carbocycles. The number of thiophene rings is 1. The molecular weight excluding hydrogens is 198 g/mol. The summed E-state index contributed by atoms with van der Waals surface area (Å²) in [6.07, 6.45) is 0.983. The van der Waals surface area contributed by atoms with Crippen molar-refractivity contribution in [3.8, 4) is 0 Å². The molecule has 0 amide bonds. The molecule has 1 rings (SSSR count). The van der Waals surface area contributed by atoms with Crippen molar-refractivity contribution < 1.29 is 9.53 Å². The number of rotatable bonds is 5. The molecule has 0 aliphatic heterocycles. The van der Waals surface area contributed by atoms with Crippen LogP contribution in [0.5, 0.6) is 0 Å². The Bertz CT molecular complexity index is 272. The van der Waals surface area contributed by atoms with E-state index in [1.807, 2.05) is 11.9 Å². The number of nitrogens with zero attached hydrogens (tertiary/aromatic N) is 1. The van der Waals surface area contributed by atoms with Crippen molar-refractivity contribution in [2.75, 3.05) is 27.2 Å². The minimum atomic E-state index is -0.183. The van der Waals surface area contributed by atoms with Crippen LogP contribution in [0.3, 0.4) is 0 Å². The van der Waals surface area contributed by atoms with Gasteiger partial charge in [-0.3, -0.25) is 9.69 Å². The quantitative estimate of drug-likeness (QED) is 0.692. The molecule has 0 aliphatic rings. The van der Waals surface area contributed by atoms with Gasteiger partial charge in [-0.05, 0) is 35.9 Å². The summed E-state index contributed by atoms with van der Waals surface area (Å²) < 4.78 is 4.58. The van der Waals surface area contributed by atoms with Crippen LogP contribution in [-0.2, 0) is 16.0 Å². The fourth-order valence-corrected chi connectivity index (χ4v) is 1.82. The molecule has 14 heavy (non-hydrogen) atoms. The molecule has 0 N–H and O–H groups in total. The molecule has 4 heteroatoms. The molecule has 0 bridgehead atoms. The Morgan fingerprint density at radius 1 is 1.64 bits per heavy atom. The zero-order chi connectivity index (χ0) is 10.4. The van der Waals surface area contributed by atoms with Gasteiger partial charge in [-0.2, -0.15) is 11.3 Å². The fourth-order valence-electron chi connectivity index (χ4n) is 1.12. The third-order valence-electron chi connectivity index (χ3n) is 1.99. The fraction of sp³-hybridized carbons (Fsp3) is 0.500. The summed E-state index contributed by atoms with van der Waals surface area (Å²) in [6, 6.07) is 2.11. The summed E-state index contributed by atoms with van der Waals surface area (Å²) in [5.41, 5.74) is 1.33. The predicted molar refractivity (Wildman–Crippen MR) is 57.5 cm³/mol. The van der Waals surface area contributed by atoms with Crippen molar-refractivity contribution >= 4 is 17.3 Å². The highest BCUT2D eigenvalue weighted by atomic mass is 32.1. The van der Waals surface area contributed by atoms with Gasteiger partial charge in [-0.25, -0.2) is 0 Å². The van der Waals surface area contributed by atoms with Crippen LogP contribution in [0.2, 0.25) is 0 Å². The molecule has 0 radical (unpaired) electrons. The topological polar surface area (TPSA) is 29.5 Å². The van der Waals surface area contributed by atoms with E-state index in [0.29, 0.717) is 6.54 Å². The van der Waals surface area contributed by atoms with Crippen molar-refractivity contribution in [2.24, 2.45) is 0 Å². The van der Waals surface area contributed by atoms with E-state index in [-0.39, 0.29) is 5.97 Å². The average Bonchev–Trinajstić information content (AvgIpc) is 2.67. The lowest BCUT2D eigenvalue weighted by molar-refractivity contribution is -0.141. The van der Waals surface area contributed by atoms with Gasteiger partial charge in [0.15, 0.2) is 0 Å². The number of methoxy groups -OCH3 is 1. The van der Waals surface area contributed by atoms with E-state index in [4.69, 9.17) is 0 Å². The van der Waals surface area contributed by atoms with E-state index in [1.54, 1.807) is 11.3 Å². The smallest absolute Gasteiger partial charge is 0.319 e. The monoisotopic (exact) mass is 213 g/mol. The third-order valence-corrected chi connectivity index (χ3v) is 2.72. The maximum absolute atomic E-state index is 10.9. The molecule has 0 unspecified atom stereocenters. The number of hydrogen-bond donors (Lipinski definition) is 0. The zero-order valence-electron chi connectivity index (χ0n) is 8.53. The third kappa shape index (κ3) is 3.89. The Morgan fingerprint density at radius 3 is 3.00 bits per heavy atom. The predicted octanol–water partition coefficient (Wildman–Crippen LogP) is 1.40. The van der Waals surface area contributed by atoms with Crippen LogP contribution in [0.15, 0.2) is 16.8 Å². The van der Waals surface area contributed by atoms with Crippen LogP contribution in [0.1, 0.15) is 5.56 Å². The Morgan fingerprint density at radius 2 is 2.43 bits per heavy atom. The largest absolute Gasteiger partial charge is 0.468 e. The summed E-state index contributed by atoms with van der Waals surface area (Å²) in [6.45, 7) is 1.24. The molecule has 78 valence electrons.